The molecule has 0 unspecified atom stereocenters. The van der Waals surface area contributed by atoms with Crippen LogP contribution in [-0.2, 0) is 6.54 Å². The molecule has 0 atom stereocenters. The lowest BCUT2D eigenvalue weighted by molar-refractivity contribution is 0.0697. The molecule has 0 spiro atoms. The quantitative estimate of drug-likeness (QED) is 0.776. The zero-order valence-corrected chi connectivity index (χ0v) is 11.8. The molecule has 0 aliphatic carbocycles. The van der Waals surface area contributed by atoms with Gasteiger partial charge >= 0.3 is 5.97 Å². The van der Waals surface area contributed by atoms with Gasteiger partial charge < -0.3 is 10.5 Å². The Kier molecular flexibility index (Phi) is 3.45. The van der Waals surface area contributed by atoms with Gasteiger partial charge in [0.1, 0.15) is 0 Å². The fourth-order valence-electron chi connectivity index (χ4n) is 2.00. The van der Waals surface area contributed by atoms with Crippen LogP contribution in [0, 0.1) is 0 Å². The van der Waals surface area contributed by atoms with Crippen LogP contribution in [0.3, 0.4) is 0 Å². The summed E-state index contributed by atoms with van der Waals surface area (Å²) < 4.78 is 2.42. The molecule has 6 heteroatoms. The first-order valence-corrected chi connectivity index (χ1v) is 7.09. The van der Waals surface area contributed by atoms with E-state index in [2.05, 4.69) is 5.43 Å². The number of hydrogen-bond acceptors (Lipinski definition) is 4. The second-order valence-electron chi connectivity index (χ2n) is 4.52. The van der Waals surface area contributed by atoms with Crippen LogP contribution < -0.4 is 11.0 Å². The van der Waals surface area contributed by atoms with Gasteiger partial charge in [-0.15, -0.1) is 0 Å². The number of aromatic carboxylic acids is 1. The highest BCUT2D eigenvalue weighted by atomic mass is 32.1. The third-order valence-corrected chi connectivity index (χ3v) is 4.15. The Balaban J connectivity index is 1.78. The van der Waals surface area contributed by atoms with Crippen LogP contribution in [0.5, 0.6) is 0 Å². The van der Waals surface area contributed by atoms with E-state index in [0.717, 1.165) is 10.3 Å². The maximum atomic E-state index is 12.1. The van der Waals surface area contributed by atoms with Crippen molar-refractivity contribution >= 4 is 27.6 Å². The summed E-state index contributed by atoms with van der Waals surface area (Å²) >= 11 is 1.35. The first kappa shape index (κ1) is 13.4. The largest absolute Gasteiger partial charge is 0.478 e. The lowest BCUT2D eigenvalue weighted by Crippen LogP contribution is -2.23. The van der Waals surface area contributed by atoms with Crippen molar-refractivity contribution in [1.29, 1.82) is 0 Å². The first-order chi connectivity index (χ1) is 10.1. The van der Waals surface area contributed by atoms with Crippen LogP contribution in [0.15, 0.2) is 53.3 Å². The van der Waals surface area contributed by atoms with Crippen molar-refractivity contribution in [3.8, 4) is 0 Å². The minimum atomic E-state index is -0.949. The van der Waals surface area contributed by atoms with Gasteiger partial charge in [-0.2, -0.15) is 4.07 Å². The van der Waals surface area contributed by atoms with Gasteiger partial charge in [0.25, 0.3) is 5.56 Å². The number of benzene rings is 2. The lowest BCUT2D eigenvalue weighted by Gasteiger charge is -2.05. The molecule has 0 saturated heterocycles. The molecule has 1 aromatic heterocycles. The van der Waals surface area contributed by atoms with Gasteiger partial charge in [0, 0.05) is 0 Å². The van der Waals surface area contributed by atoms with Crippen molar-refractivity contribution in [2.45, 2.75) is 6.54 Å². The summed E-state index contributed by atoms with van der Waals surface area (Å²) in [6.07, 6.45) is 0. The molecule has 1 heterocycles. The van der Waals surface area contributed by atoms with Crippen LogP contribution in [-0.4, -0.2) is 15.1 Å². The van der Waals surface area contributed by atoms with E-state index in [1.165, 1.54) is 15.6 Å². The fourth-order valence-corrected chi connectivity index (χ4v) is 2.90. The van der Waals surface area contributed by atoms with Gasteiger partial charge in [-0.05, 0) is 41.4 Å². The smallest absolute Gasteiger partial charge is 0.335 e. The normalized spacial score (nSPS) is 10.7. The number of hydrogen-bond donors (Lipinski definition) is 2. The van der Waals surface area contributed by atoms with Crippen LogP contribution in [0.4, 0.5) is 0 Å². The zero-order valence-electron chi connectivity index (χ0n) is 10.9. The summed E-state index contributed by atoms with van der Waals surface area (Å²) in [6, 6.07) is 14.0. The van der Waals surface area contributed by atoms with Crippen molar-refractivity contribution in [3.63, 3.8) is 0 Å². The molecule has 5 nitrogen and oxygen atoms in total. The summed E-state index contributed by atoms with van der Waals surface area (Å²) in [7, 11) is 0. The van der Waals surface area contributed by atoms with Crippen LogP contribution in [0.1, 0.15) is 15.9 Å². The molecule has 2 aromatic carbocycles. The Hall–Kier alpha value is -2.60. The number of rotatable bonds is 4. The molecule has 0 aliphatic heterocycles. The van der Waals surface area contributed by atoms with E-state index in [0.29, 0.717) is 11.9 Å². The van der Waals surface area contributed by atoms with E-state index in [9.17, 15) is 9.59 Å². The van der Waals surface area contributed by atoms with E-state index in [4.69, 9.17) is 5.11 Å². The van der Waals surface area contributed by atoms with Gasteiger partial charge in [0.05, 0.1) is 22.2 Å². The third-order valence-electron chi connectivity index (χ3n) is 3.12. The Morgan fingerprint density at radius 3 is 2.52 bits per heavy atom. The molecule has 0 aliphatic rings. The Labute approximate surface area is 124 Å². The molecule has 0 amide bonds. The number of aromatic nitrogens is 1. The minimum absolute atomic E-state index is 0.0715. The number of fused-ring (bicyclic) bond motifs is 1. The van der Waals surface area contributed by atoms with Crippen molar-refractivity contribution in [1.82, 2.24) is 4.07 Å². The topological polar surface area (TPSA) is 71.3 Å². The van der Waals surface area contributed by atoms with E-state index in [1.807, 2.05) is 18.2 Å². The molecule has 21 heavy (non-hydrogen) atoms. The van der Waals surface area contributed by atoms with E-state index in [-0.39, 0.29) is 11.1 Å². The summed E-state index contributed by atoms with van der Waals surface area (Å²) in [5.41, 5.74) is 4.13. The monoisotopic (exact) mass is 300 g/mol. The number of nitrogens with one attached hydrogen (secondary N) is 1. The highest BCUT2D eigenvalue weighted by Gasteiger charge is 2.06. The van der Waals surface area contributed by atoms with Crippen LogP contribution in [0.2, 0.25) is 0 Å². The van der Waals surface area contributed by atoms with Crippen LogP contribution >= 0.6 is 11.5 Å². The average Bonchev–Trinajstić information content (AvgIpc) is 2.82. The molecule has 106 valence electrons. The molecular weight excluding hydrogens is 288 g/mol. The van der Waals surface area contributed by atoms with Gasteiger partial charge in [0.15, 0.2) is 0 Å². The molecule has 3 aromatic rings. The minimum Gasteiger partial charge on any atom is -0.478 e. The second-order valence-corrected chi connectivity index (χ2v) is 5.51. The number of carboxylic acid groups (broad SMARTS) is 1. The molecule has 0 bridgehead atoms. The summed E-state index contributed by atoms with van der Waals surface area (Å²) in [5.74, 6) is -0.949. The molecular formula is C15H12N2O3S. The molecule has 0 radical (unpaired) electrons. The number of carbonyl (C=O) groups is 1. The maximum Gasteiger partial charge on any atom is 0.335 e. The highest BCUT2D eigenvalue weighted by molar-refractivity contribution is 7.13. The fraction of sp³-hybridized carbons (Fsp3) is 0.0667. The predicted molar refractivity (Wildman–Crippen MR) is 82.6 cm³/mol. The second kappa shape index (κ2) is 5.41. The van der Waals surface area contributed by atoms with Crippen molar-refractivity contribution < 1.29 is 9.90 Å². The molecule has 0 saturated carbocycles. The Bertz CT molecular complexity index is 849. The SMILES string of the molecule is O=C(O)c1ccc(CNn2sc3ccccc3c2=O)cc1. The zero-order chi connectivity index (χ0) is 14.8. The van der Waals surface area contributed by atoms with Gasteiger partial charge in [0.2, 0.25) is 0 Å². The Morgan fingerprint density at radius 2 is 1.86 bits per heavy atom. The molecule has 2 N–H and O–H groups in total. The predicted octanol–water partition coefficient (Wildman–Crippen LogP) is 2.50. The first-order valence-electron chi connectivity index (χ1n) is 6.32. The number of carboxylic acids is 1. The lowest BCUT2D eigenvalue weighted by atomic mass is 10.1. The van der Waals surface area contributed by atoms with Crippen molar-refractivity contribution in [3.05, 3.63) is 70.0 Å². The Morgan fingerprint density at radius 1 is 1.14 bits per heavy atom. The summed E-state index contributed by atoms with van der Waals surface area (Å²) in [5, 5.41) is 9.53. The van der Waals surface area contributed by atoms with Crippen molar-refractivity contribution in [2.75, 3.05) is 5.43 Å². The van der Waals surface area contributed by atoms with Gasteiger partial charge in [-0.25, -0.2) is 4.79 Å². The van der Waals surface area contributed by atoms with Crippen LogP contribution in [0.25, 0.3) is 10.1 Å². The highest BCUT2D eigenvalue weighted by Crippen LogP contribution is 2.15. The standard InChI is InChI=1S/C15H12N2O3S/c18-14-12-3-1-2-4-13(12)21-17(14)16-9-10-5-7-11(8-6-10)15(19)20/h1-8,16H,9H2,(H,19,20). The van der Waals surface area contributed by atoms with E-state index >= 15 is 0 Å². The van der Waals surface area contributed by atoms with Crippen molar-refractivity contribution in [2.24, 2.45) is 0 Å². The van der Waals surface area contributed by atoms with E-state index in [1.54, 1.807) is 30.3 Å². The third kappa shape index (κ3) is 2.66. The summed E-state index contributed by atoms with van der Waals surface area (Å²) in [6.45, 7) is 0.451. The number of nitrogens with zero attached hydrogens (tertiary/aromatic N) is 1. The average molecular weight is 300 g/mol. The summed E-state index contributed by atoms with van der Waals surface area (Å²) in [4.78, 5) is 22.9. The molecule has 0 fully saturated rings. The molecule has 3 rings (SSSR count). The maximum absolute atomic E-state index is 12.1. The van der Waals surface area contributed by atoms with Gasteiger partial charge in [-0.3, -0.25) is 4.79 Å². The van der Waals surface area contributed by atoms with E-state index < -0.39 is 5.97 Å². The van der Waals surface area contributed by atoms with Gasteiger partial charge in [-0.1, -0.05) is 24.3 Å².